The molecule has 2 aromatic rings. The van der Waals surface area contributed by atoms with Gasteiger partial charge < -0.3 is 9.32 Å². The second-order valence-corrected chi connectivity index (χ2v) is 6.12. The van der Waals surface area contributed by atoms with Gasteiger partial charge in [-0.05, 0) is 43.9 Å². The number of furan rings is 1. The van der Waals surface area contributed by atoms with Gasteiger partial charge in [0.2, 0.25) is 5.91 Å². The molecule has 1 aromatic heterocycles. The first-order valence-electron chi connectivity index (χ1n) is 8.12. The van der Waals surface area contributed by atoms with Crippen LogP contribution in [-0.2, 0) is 4.79 Å². The highest BCUT2D eigenvalue weighted by Crippen LogP contribution is 2.29. The molecule has 0 bridgehead atoms. The van der Waals surface area contributed by atoms with E-state index in [9.17, 15) is 4.79 Å². The van der Waals surface area contributed by atoms with Crippen LogP contribution in [0, 0.1) is 6.92 Å². The second-order valence-electron chi connectivity index (χ2n) is 6.12. The summed E-state index contributed by atoms with van der Waals surface area (Å²) in [5.41, 5.74) is 2.37. The molecule has 1 saturated heterocycles. The molecule has 0 saturated carbocycles. The van der Waals surface area contributed by atoms with Gasteiger partial charge >= 0.3 is 0 Å². The van der Waals surface area contributed by atoms with Crippen molar-refractivity contribution in [3.8, 4) is 0 Å². The molecule has 3 heteroatoms. The van der Waals surface area contributed by atoms with E-state index in [1.54, 1.807) is 6.26 Å². The Morgan fingerprint density at radius 2 is 1.86 bits per heavy atom. The number of carbonyl (C=O) groups excluding carboxylic acids is 1. The Kier molecular flexibility index (Phi) is 4.62. The highest BCUT2D eigenvalue weighted by molar-refractivity contribution is 5.77. The number of nitrogens with zero attached hydrogens (tertiary/aromatic N) is 1. The standard InChI is InChI=1S/C19H23NO2/c1-15-7-9-16(10-8-15)17(18-6-5-13-22-18)14-19(21)20-11-3-2-4-12-20/h5-10,13,17H,2-4,11-12,14H2,1H3/t17-/m1/s1. The van der Waals surface area contributed by atoms with Crippen molar-refractivity contribution in [2.24, 2.45) is 0 Å². The highest BCUT2D eigenvalue weighted by Gasteiger charge is 2.24. The number of piperidine rings is 1. The van der Waals surface area contributed by atoms with Crippen molar-refractivity contribution in [2.45, 2.75) is 38.5 Å². The van der Waals surface area contributed by atoms with E-state index < -0.39 is 0 Å². The van der Waals surface area contributed by atoms with E-state index in [-0.39, 0.29) is 11.8 Å². The van der Waals surface area contributed by atoms with Gasteiger partial charge in [0, 0.05) is 19.5 Å². The Bertz CT molecular complexity index is 595. The van der Waals surface area contributed by atoms with Crippen molar-refractivity contribution in [2.75, 3.05) is 13.1 Å². The number of benzene rings is 1. The van der Waals surface area contributed by atoms with E-state index in [0.717, 1.165) is 37.3 Å². The van der Waals surface area contributed by atoms with Crippen molar-refractivity contribution >= 4 is 5.91 Å². The van der Waals surface area contributed by atoms with Crippen LogP contribution in [0.15, 0.2) is 47.1 Å². The lowest BCUT2D eigenvalue weighted by Gasteiger charge is -2.28. The monoisotopic (exact) mass is 297 g/mol. The molecule has 1 fully saturated rings. The average molecular weight is 297 g/mol. The molecular weight excluding hydrogens is 274 g/mol. The lowest BCUT2D eigenvalue weighted by molar-refractivity contribution is -0.132. The van der Waals surface area contributed by atoms with Crippen molar-refractivity contribution in [1.82, 2.24) is 4.90 Å². The molecule has 22 heavy (non-hydrogen) atoms. The Hall–Kier alpha value is -2.03. The summed E-state index contributed by atoms with van der Waals surface area (Å²) >= 11 is 0. The van der Waals surface area contributed by atoms with Gasteiger partial charge in [-0.3, -0.25) is 4.79 Å². The molecule has 0 aliphatic carbocycles. The number of carbonyl (C=O) groups is 1. The molecule has 116 valence electrons. The zero-order chi connectivity index (χ0) is 15.4. The van der Waals surface area contributed by atoms with Crippen molar-refractivity contribution < 1.29 is 9.21 Å². The summed E-state index contributed by atoms with van der Waals surface area (Å²) in [5, 5.41) is 0. The molecule has 3 rings (SSSR count). The molecule has 0 spiro atoms. The van der Waals surface area contributed by atoms with E-state index in [0.29, 0.717) is 6.42 Å². The van der Waals surface area contributed by atoms with E-state index in [1.807, 2.05) is 17.0 Å². The van der Waals surface area contributed by atoms with Crippen molar-refractivity contribution in [3.05, 3.63) is 59.5 Å². The fourth-order valence-corrected chi connectivity index (χ4v) is 3.12. The normalized spacial score (nSPS) is 16.5. The van der Waals surface area contributed by atoms with Crippen LogP contribution < -0.4 is 0 Å². The van der Waals surface area contributed by atoms with Crippen LogP contribution in [0.5, 0.6) is 0 Å². The topological polar surface area (TPSA) is 33.5 Å². The van der Waals surface area contributed by atoms with Crippen LogP contribution in [0.1, 0.15) is 48.5 Å². The largest absolute Gasteiger partial charge is 0.469 e. The first-order valence-corrected chi connectivity index (χ1v) is 8.12. The van der Waals surface area contributed by atoms with Gasteiger partial charge in [-0.1, -0.05) is 29.8 Å². The molecule has 3 nitrogen and oxygen atoms in total. The van der Waals surface area contributed by atoms with Gasteiger partial charge in [-0.2, -0.15) is 0 Å². The smallest absolute Gasteiger partial charge is 0.223 e. The third kappa shape index (κ3) is 3.41. The third-order valence-corrected chi connectivity index (χ3v) is 4.45. The van der Waals surface area contributed by atoms with Crippen LogP contribution in [-0.4, -0.2) is 23.9 Å². The number of hydrogen-bond donors (Lipinski definition) is 0. The van der Waals surface area contributed by atoms with Gasteiger partial charge in [0.25, 0.3) is 0 Å². The fourth-order valence-electron chi connectivity index (χ4n) is 3.12. The maximum Gasteiger partial charge on any atom is 0.223 e. The van der Waals surface area contributed by atoms with Crippen molar-refractivity contribution in [1.29, 1.82) is 0 Å². The minimum Gasteiger partial charge on any atom is -0.469 e. The number of hydrogen-bond acceptors (Lipinski definition) is 2. The van der Waals surface area contributed by atoms with Crippen molar-refractivity contribution in [3.63, 3.8) is 0 Å². The summed E-state index contributed by atoms with van der Waals surface area (Å²) in [4.78, 5) is 14.6. The molecule has 2 heterocycles. The Morgan fingerprint density at radius 1 is 1.14 bits per heavy atom. The second kappa shape index (κ2) is 6.82. The van der Waals surface area contributed by atoms with E-state index in [4.69, 9.17) is 4.42 Å². The molecule has 1 aliphatic rings. The number of amides is 1. The van der Waals surface area contributed by atoms with E-state index in [2.05, 4.69) is 31.2 Å². The van der Waals surface area contributed by atoms with Crippen LogP contribution in [0.2, 0.25) is 0 Å². The van der Waals surface area contributed by atoms with Crippen LogP contribution >= 0.6 is 0 Å². The Labute approximate surface area is 131 Å². The lowest BCUT2D eigenvalue weighted by Crippen LogP contribution is -2.36. The summed E-state index contributed by atoms with van der Waals surface area (Å²) in [6.45, 7) is 3.87. The lowest BCUT2D eigenvalue weighted by atomic mass is 9.91. The maximum absolute atomic E-state index is 12.6. The fraction of sp³-hybridized carbons (Fsp3) is 0.421. The first kappa shape index (κ1) is 14.9. The van der Waals surface area contributed by atoms with Gasteiger partial charge in [0.05, 0.1) is 12.2 Å². The molecule has 0 radical (unpaired) electrons. The van der Waals surface area contributed by atoms with Crippen LogP contribution in [0.25, 0.3) is 0 Å². The number of likely N-dealkylation sites (tertiary alicyclic amines) is 1. The molecule has 1 amide bonds. The summed E-state index contributed by atoms with van der Waals surface area (Å²) in [6.07, 6.45) is 5.66. The minimum atomic E-state index is 0.00465. The first-order chi connectivity index (χ1) is 10.7. The van der Waals surface area contributed by atoms with Crippen LogP contribution in [0.4, 0.5) is 0 Å². The van der Waals surface area contributed by atoms with Gasteiger partial charge in [0.1, 0.15) is 5.76 Å². The predicted octanol–water partition coefficient (Wildman–Crippen LogP) is 4.12. The predicted molar refractivity (Wildman–Crippen MR) is 86.8 cm³/mol. The summed E-state index contributed by atoms with van der Waals surface area (Å²) < 4.78 is 5.60. The van der Waals surface area contributed by atoms with E-state index in [1.165, 1.54) is 12.0 Å². The van der Waals surface area contributed by atoms with Gasteiger partial charge in [-0.15, -0.1) is 0 Å². The van der Waals surface area contributed by atoms with Gasteiger partial charge in [0.15, 0.2) is 0 Å². The average Bonchev–Trinajstić information content (AvgIpc) is 3.08. The quantitative estimate of drug-likeness (QED) is 0.850. The molecule has 1 atom stereocenters. The van der Waals surface area contributed by atoms with Gasteiger partial charge in [-0.25, -0.2) is 0 Å². The SMILES string of the molecule is Cc1ccc([C@@H](CC(=O)N2CCCCC2)c2ccco2)cc1. The Morgan fingerprint density at radius 3 is 2.50 bits per heavy atom. The molecular formula is C19H23NO2. The Balaban J connectivity index is 1.79. The summed E-state index contributed by atoms with van der Waals surface area (Å²) in [6, 6.07) is 12.3. The summed E-state index contributed by atoms with van der Waals surface area (Å²) in [7, 11) is 0. The maximum atomic E-state index is 12.6. The zero-order valence-corrected chi connectivity index (χ0v) is 13.1. The molecule has 0 unspecified atom stereocenters. The molecule has 1 aliphatic heterocycles. The number of aryl methyl sites for hydroxylation is 1. The van der Waals surface area contributed by atoms with Crippen LogP contribution in [0.3, 0.4) is 0 Å². The van der Waals surface area contributed by atoms with E-state index >= 15 is 0 Å². The zero-order valence-electron chi connectivity index (χ0n) is 13.1. The third-order valence-electron chi connectivity index (χ3n) is 4.45. The highest BCUT2D eigenvalue weighted by atomic mass is 16.3. The number of rotatable bonds is 4. The molecule has 1 aromatic carbocycles. The minimum absolute atomic E-state index is 0.00465. The summed E-state index contributed by atoms with van der Waals surface area (Å²) in [5.74, 6) is 1.11. The molecule has 0 N–H and O–H groups in total.